The van der Waals surface area contributed by atoms with Crippen LogP contribution in [0.5, 0.6) is 17.2 Å². The van der Waals surface area contributed by atoms with E-state index in [1.165, 1.54) is 0 Å². The Hall–Kier alpha value is -1.50. The van der Waals surface area contributed by atoms with Crippen molar-refractivity contribution in [1.29, 1.82) is 0 Å². The fraction of sp³-hybridized carbons (Fsp3) is 0.600. The summed E-state index contributed by atoms with van der Waals surface area (Å²) in [5.41, 5.74) is 0. The van der Waals surface area contributed by atoms with Crippen molar-refractivity contribution in [3.05, 3.63) is 18.2 Å². The average Bonchev–Trinajstić information content (AvgIpc) is 3.12. The largest absolute Gasteiger partial charge is 0.487 e. The highest BCUT2D eigenvalue weighted by atomic mass is 16.7. The summed E-state index contributed by atoms with van der Waals surface area (Å²) in [6.45, 7) is 1.44. The molecule has 1 N–H and O–H groups in total. The molecule has 2 heterocycles. The maximum Gasteiger partial charge on any atom is 0.231 e. The van der Waals surface area contributed by atoms with Crippen LogP contribution in [0.1, 0.15) is 19.3 Å². The Morgan fingerprint density at radius 3 is 2.81 bits per heavy atom. The predicted octanol–water partition coefficient (Wildman–Crippen LogP) is 1.45. The number of ether oxygens (including phenoxy) is 5. The Morgan fingerprint density at radius 2 is 1.95 bits per heavy atom. The Morgan fingerprint density at radius 1 is 1.14 bits per heavy atom. The van der Waals surface area contributed by atoms with Crippen molar-refractivity contribution < 1.29 is 28.8 Å². The summed E-state index contributed by atoms with van der Waals surface area (Å²) in [6.07, 6.45) is 0.971. The first-order valence-electron chi connectivity index (χ1n) is 7.26. The smallest absolute Gasteiger partial charge is 0.231 e. The standard InChI is InChI=1S/C15H18O6/c16-11-3-4-15(19-5-6-20-15)8-14(11)21-10-1-2-12-13(7-10)18-9-17-12/h1-2,7,11,14,16H,3-6,8-9H2. The molecule has 2 aliphatic heterocycles. The summed E-state index contributed by atoms with van der Waals surface area (Å²) in [5, 5.41) is 10.2. The molecule has 0 aromatic heterocycles. The Bertz CT molecular complexity index is 525. The zero-order chi connectivity index (χ0) is 14.3. The molecule has 4 rings (SSSR count). The number of fused-ring (bicyclic) bond motifs is 1. The Balaban J connectivity index is 1.49. The summed E-state index contributed by atoms with van der Waals surface area (Å²) < 4.78 is 28.0. The van der Waals surface area contributed by atoms with Gasteiger partial charge in [0.25, 0.3) is 0 Å². The molecular weight excluding hydrogens is 276 g/mol. The minimum absolute atomic E-state index is 0.232. The molecule has 3 aliphatic rings. The van der Waals surface area contributed by atoms with Gasteiger partial charge in [0.15, 0.2) is 17.3 Å². The van der Waals surface area contributed by atoms with Crippen molar-refractivity contribution in [1.82, 2.24) is 0 Å². The van der Waals surface area contributed by atoms with E-state index in [4.69, 9.17) is 23.7 Å². The van der Waals surface area contributed by atoms with Crippen molar-refractivity contribution in [3.63, 3.8) is 0 Å². The summed E-state index contributed by atoms with van der Waals surface area (Å²) in [6, 6.07) is 5.41. The minimum Gasteiger partial charge on any atom is -0.487 e. The molecule has 2 fully saturated rings. The zero-order valence-corrected chi connectivity index (χ0v) is 11.6. The fourth-order valence-electron chi connectivity index (χ4n) is 3.10. The first-order valence-corrected chi connectivity index (χ1v) is 7.26. The van der Waals surface area contributed by atoms with E-state index in [0.29, 0.717) is 49.7 Å². The molecule has 0 radical (unpaired) electrons. The van der Waals surface area contributed by atoms with Crippen LogP contribution in [0.15, 0.2) is 18.2 Å². The Kier molecular flexibility index (Phi) is 3.17. The third-order valence-electron chi connectivity index (χ3n) is 4.21. The summed E-state index contributed by atoms with van der Waals surface area (Å²) >= 11 is 0. The van der Waals surface area contributed by atoms with Gasteiger partial charge in [0, 0.05) is 18.9 Å². The lowest BCUT2D eigenvalue weighted by molar-refractivity contribution is -0.209. The van der Waals surface area contributed by atoms with Gasteiger partial charge >= 0.3 is 0 Å². The number of benzene rings is 1. The molecule has 1 aromatic rings. The molecule has 21 heavy (non-hydrogen) atoms. The molecule has 1 aromatic carbocycles. The quantitative estimate of drug-likeness (QED) is 0.890. The van der Waals surface area contributed by atoms with Gasteiger partial charge in [-0.05, 0) is 18.6 Å². The molecule has 6 heteroatoms. The number of aliphatic hydroxyl groups excluding tert-OH is 1. The fourth-order valence-corrected chi connectivity index (χ4v) is 3.10. The normalized spacial score (nSPS) is 29.8. The third kappa shape index (κ3) is 2.43. The average molecular weight is 294 g/mol. The van der Waals surface area contributed by atoms with E-state index in [-0.39, 0.29) is 12.9 Å². The second kappa shape index (κ2) is 5.05. The highest BCUT2D eigenvalue weighted by molar-refractivity contribution is 5.46. The van der Waals surface area contributed by atoms with Crippen LogP contribution in [0, 0.1) is 0 Å². The van der Waals surface area contributed by atoms with Gasteiger partial charge in [-0.1, -0.05) is 0 Å². The van der Waals surface area contributed by atoms with Crippen LogP contribution in [0.25, 0.3) is 0 Å². The van der Waals surface area contributed by atoms with E-state index in [2.05, 4.69) is 0 Å². The van der Waals surface area contributed by atoms with Crippen molar-refractivity contribution in [2.24, 2.45) is 0 Å². The molecule has 2 atom stereocenters. The molecule has 1 aliphatic carbocycles. The van der Waals surface area contributed by atoms with E-state index < -0.39 is 11.9 Å². The lowest BCUT2D eigenvalue weighted by Crippen LogP contribution is -2.47. The first-order chi connectivity index (χ1) is 10.2. The monoisotopic (exact) mass is 294 g/mol. The molecule has 1 spiro atoms. The first kappa shape index (κ1) is 13.2. The molecule has 1 saturated carbocycles. The summed E-state index contributed by atoms with van der Waals surface area (Å²) in [5.74, 6) is 1.45. The molecule has 0 bridgehead atoms. The van der Waals surface area contributed by atoms with Gasteiger partial charge in [-0.25, -0.2) is 0 Å². The van der Waals surface area contributed by atoms with Crippen molar-refractivity contribution in [2.45, 2.75) is 37.3 Å². The van der Waals surface area contributed by atoms with Crippen molar-refractivity contribution in [3.8, 4) is 17.2 Å². The van der Waals surface area contributed by atoms with Gasteiger partial charge in [0.05, 0.1) is 19.3 Å². The number of rotatable bonds is 2. The van der Waals surface area contributed by atoms with E-state index in [0.717, 1.165) is 0 Å². The van der Waals surface area contributed by atoms with Gasteiger partial charge in [0.1, 0.15) is 11.9 Å². The SMILES string of the molecule is OC1CCC2(CC1Oc1ccc3c(c1)OCO3)OCCO2. The molecule has 1 saturated heterocycles. The van der Waals surface area contributed by atoms with E-state index in [1.807, 2.05) is 12.1 Å². The molecule has 114 valence electrons. The molecule has 0 amide bonds. The van der Waals surface area contributed by atoms with Crippen molar-refractivity contribution >= 4 is 0 Å². The van der Waals surface area contributed by atoms with Gasteiger partial charge in [-0.2, -0.15) is 0 Å². The van der Waals surface area contributed by atoms with Crippen LogP contribution in [-0.4, -0.2) is 43.1 Å². The highest BCUT2D eigenvalue weighted by Gasteiger charge is 2.45. The maximum absolute atomic E-state index is 10.2. The molecule has 6 nitrogen and oxygen atoms in total. The zero-order valence-electron chi connectivity index (χ0n) is 11.6. The van der Waals surface area contributed by atoms with Crippen LogP contribution in [0.2, 0.25) is 0 Å². The molecule has 2 unspecified atom stereocenters. The van der Waals surface area contributed by atoms with E-state index >= 15 is 0 Å². The van der Waals surface area contributed by atoms with E-state index in [1.54, 1.807) is 6.07 Å². The lowest BCUT2D eigenvalue weighted by Gasteiger charge is -2.38. The second-order valence-corrected chi connectivity index (χ2v) is 5.59. The predicted molar refractivity (Wildman–Crippen MR) is 71.5 cm³/mol. The van der Waals surface area contributed by atoms with Crippen LogP contribution < -0.4 is 14.2 Å². The van der Waals surface area contributed by atoms with Crippen LogP contribution in [0.3, 0.4) is 0 Å². The van der Waals surface area contributed by atoms with Gasteiger partial charge in [0.2, 0.25) is 6.79 Å². The summed E-state index contributed by atoms with van der Waals surface area (Å²) in [4.78, 5) is 0. The molecular formula is C15H18O6. The van der Waals surface area contributed by atoms with Gasteiger partial charge in [-0.3, -0.25) is 0 Å². The third-order valence-corrected chi connectivity index (χ3v) is 4.21. The van der Waals surface area contributed by atoms with Crippen LogP contribution >= 0.6 is 0 Å². The van der Waals surface area contributed by atoms with Gasteiger partial charge < -0.3 is 28.8 Å². The second-order valence-electron chi connectivity index (χ2n) is 5.59. The number of hydrogen-bond acceptors (Lipinski definition) is 6. The van der Waals surface area contributed by atoms with E-state index in [9.17, 15) is 5.11 Å². The topological polar surface area (TPSA) is 66.4 Å². The summed E-state index contributed by atoms with van der Waals surface area (Å²) in [7, 11) is 0. The Labute approximate surface area is 122 Å². The minimum atomic E-state index is -0.583. The van der Waals surface area contributed by atoms with Crippen LogP contribution in [0.4, 0.5) is 0 Å². The number of aliphatic hydroxyl groups is 1. The van der Waals surface area contributed by atoms with Crippen molar-refractivity contribution in [2.75, 3.05) is 20.0 Å². The van der Waals surface area contributed by atoms with Crippen LogP contribution in [-0.2, 0) is 9.47 Å². The highest BCUT2D eigenvalue weighted by Crippen LogP contribution is 2.39. The van der Waals surface area contributed by atoms with Gasteiger partial charge in [-0.15, -0.1) is 0 Å². The maximum atomic E-state index is 10.2. The number of hydrogen-bond donors (Lipinski definition) is 1. The lowest BCUT2D eigenvalue weighted by atomic mass is 9.89.